The van der Waals surface area contributed by atoms with Crippen molar-refractivity contribution in [3.05, 3.63) is 0 Å². The van der Waals surface area contributed by atoms with Crippen LogP contribution >= 0.6 is 0 Å². The molecule has 2 fully saturated rings. The van der Waals surface area contributed by atoms with Crippen LogP contribution in [0.5, 0.6) is 0 Å². The fourth-order valence-electron chi connectivity index (χ4n) is 2.78. The summed E-state index contributed by atoms with van der Waals surface area (Å²) >= 11 is 0. The molecular weight excluding hydrogens is 172 g/mol. The molecule has 0 aromatic heterocycles. The Morgan fingerprint density at radius 2 is 2.15 bits per heavy atom. The average molecular weight is 188 g/mol. The van der Waals surface area contributed by atoms with Crippen LogP contribution in [0.15, 0.2) is 0 Å². The Bertz CT molecular complexity index is 198. The second kappa shape index (κ2) is 2.92. The van der Waals surface area contributed by atoms with E-state index in [4.69, 9.17) is 9.84 Å². The smallest absolute Gasteiger partial charge is 0.122 e. The van der Waals surface area contributed by atoms with Gasteiger partial charge in [0, 0.05) is 18.9 Å². The molecule has 76 valence electrons. The lowest BCUT2D eigenvalue weighted by molar-refractivity contribution is -0.140. The molecule has 2 aliphatic rings. The molecule has 4 nitrogen and oxygen atoms in total. The van der Waals surface area contributed by atoms with Crippen molar-refractivity contribution in [3.63, 3.8) is 0 Å². The molecule has 4 heteroatoms. The van der Waals surface area contributed by atoms with Crippen LogP contribution in [0.1, 0.15) is 19.3 Å². The molecule has 0 spiro atoms. The van der Waals surface area contributed by atoms with E-state index >= 15 is 0 Å². The SMILES string of the molecule is OCC[C@]12CC[C@H](CO1)[C@@]2(O)CO. The van der Waals surface area contributed by atoms with E-state index in [1.165, 1.54) is 0 Å². The van der Waals surface area contributed by atoms with E-state index < -0.39 is 11.2 Å². The zero-order valence-corrected chi connectivity index (χ0v) is 7.57. The third kappa shape index (κ3) is 1.00. The van der Waals surface area contributed by atoms with Crippen molar-refractivity contribution in [2.75, 3.05) is 19.8 Å². The highest BCUT2D eigenvalue weighted by Crippen LogP contribution is 2.53. The van der Waals surface area contributed by atoms with Crippen molar-refractivity contribution in [2.24, 2.45) is 5.92 Å². The second-order valence-electron chi connectivity index (χ2n) is 4.10. The molecule has 2 bridgehead atoms. The van der Waals surface area contributed by atoms with E-state index in [-0.39, 0.29) is 19.1 Å². The zero-order valence-electron chi connectivity index (χ0n) is 7.57. The fraction of sp³-hybridized carbons (Fsp3) is 1.00. The number of rotatable bonds is 3. The van der Waals surface area contributed by atoms with Gasteiger partial charge in [-0.25, -0.2) is 0 Å². The third-order valence-corrected chi connectivity index (χ3v) is 3.68. The van der Waals surface area contributed by atoms with Crippen LogP contribution in [0.3, 0.4) is 0 Å². The summed E-state index contributed by atoms with van der Waals surface area (Å²) in [5, 5.41) is 28.3. The number of hydrogen-bond donors (Lipinski definition) is 3. The molecule has 0 amide bonds. The first-order chi connectivity index (χ1) is 6.18. The van der Waals surface area contributed by atoms with Crippen molar-refractivity contribution in [3.8, 4) is 0 Å². The first-order valence-corrected chi connectivity index (χ1v) is 4.76. The van der Waals surface area contributed by atoms with Gasteiger partial charge in [-0.1, -0.05) is 0 Å². The van der Waals surface area contributed by atoms with Gasteiger partial charge >= 0.3 is 0 Å². The predicted octanol–water partition coefficient (Wildman–Crippen LogP) is -0.729. The number of aliphatic hydroxyl groups excluding tert-OH is 2. The van der Waals surface area contributed by atoms with Crippen LogP contribution in [0.4, 0.5) is 0 Å². The van der Waals surface area contributed by atoms with Gasteiger partial charge in [0.25, 0.3) is 0 Å². The minimum Gasteiger partial charge on any atom is -0.396 e. The minimum atomic E-state index is -1.12. The summed E-state index contributed by atoms with van der Waals surface area (Å²) in [5.41, 5.74) is -1.79. The highest BCUT2D eigenvalue weighted by Gasteiger charge is 2.64. The van der Waals surface area contributed by atoms with E-state index in [0.29, 0.717) is 13.0 Å². The van der Waals surface area contributed by atoms with Gasteiger partial charge in [0.2, 0.25) is 0 Å². The summed E-state index contributed by atoms with van der Waals surface area (Å²) in [6.07, 6.45) is 2.05. The van der Waals surface area contributed by atoms with Crippen molar-refractivity contribution >= 4 is 0 Å². The molecule has 13 heavy (non-hydrogen) atoms. The quantitative estimate of drug-likeness (QED) is 0.546. The number of aliphatic hydroxyl groups is 3. The van der Waals surface area contributed by atoms with Crippen LogP contribution < -0.4 is 0 Å². The molecule has 0 unspecified atom stereocenters. The molecule has 1 aliphatic carbocycles. The van der Waals surface area contributed by atoms with Crippen LogP contribution in [0.25, 0.3) is 0 Å². The first kappa shape index (κ1) is 9.40. The maximum atomic E-state index is 10.2. The van der Waals surface area contributed by atoms with Gasteiger partial charge < -0.3 is 20.1 Å². The van der Waals surface area contributed by atoms with Gasteiger partial charge in [-0.2, -0.15) is 0 Å². The molecule has 0 aromatic rings. The maximum absolute atomic E-state index is 10.2. The summed E-state index contributed by atoms with van der Waals surface area (Å²) in [6.45, 7) is 0.240. The Morgan fingerprint density at radius 3 is 2.62 bits per heavy atom. The van der Waals surface area contributed by atoms with Crippen molar-refractivity contribution < 1.29 is 20.1 Å². The summed E-state index contributed by atoms with van der Waals surface area (Å²) in [4.78, 5) is 0. The molecule has 1 aliphatic heterocycles. The largest absolute Gasteiger partial charge is 0.396 e. The molecule has 1 heterocycles. The summed E-state index contributed by atoms with van der Waals surface area (Å²) in [5.74, 6) is 0.0454. The second-order valence-corrected chi connectivity index (χ2v) is 4.10. The highest BCUT2D eigenvalue weighted by molar-refractivity contribution is 5.14. The number of hydrogen-bond acceptors (Lipinski definition) is 4. The minimum absolute atomic E-state index is 0.00493. The van der Waals surface area contributed by atoms with Crippen LogP contribution in [-0.4, -0.2) is 46.3 Å². The maximum Gasteiger partial charge on any atom is 0.122 e. The van der Waals surface area contributed by atoms with Gasteiger partial charge in [0.15, 0.2) is 0 Å². The Labute approximate surface area is 77.1 Å². The Morgan fingerprint density at radius 1 is 1.38 bits per heavy atom. The van der Waals surface area contributed by atoms with E-state index in [9.17, 15) is 10.2 Å². The molecule has 3 atom stereocenters. The third-order valence-electron chi connectivity index (χ3n) is 3.68. The molecular formula is C9H16O4. The standard InChI is InChI=1S/C9H16O4/c10-4-3-8-2-1-7(5-13-8)9(8,12)6-11/h7,10-12H,1-6H2/t7-,8+,9+/m1/s1. The predicted molar refractivity (Wildman–Crippen MR) is 45.1 cm³/mol. The molecule has 3 N–H and O–H groups in total. The summed E-state index contributed by atoms with van der Waals surface area (Å²) < 4.78 is 5.52. The Hall–Kier alpha value is -0.160. The van der Waals surface area contributed by atoms with Crippen LogP contribution in [0.2, 0.25) is 0 Å². The topological polar surface area (TPSA) is 69.9 Å². The molecule has 0 radical (unpaired) electrons. The van der Waals surface area contributed by atoms with Gasteiger partial charge in [0.05, 0.1) is 13.2 Å². The van der Waals surface area contributed by atoms with Crippen molar-refractivity contribution in [2.45, 2.75) is 30.5 Å². The lowest BCUT2D eigenvalue weighted by Gasteiger charge is -2.36. The monoisotopic (exact) mass is 188 g/mol. The van der Waals surface area contributed by atoms with Gasteiger partial charge in [-0.15, -0.1) is 0 Å². The lowest BCUT2D eigenvalue weighted by Crippen LogP contribution is -2.52. The molecule has 0 aromatic carbocycles. The normalized spacial score (nSPS) is 48.7. The number of fused-ring (bicyclic) bond motifs is 2. The van der Waals surface area contributed by atoms with Gasteiger partial charge in [0.1, 0.15) is 11.2 Å². The Kier molecular flexibility index (Phi) is 2.11. The van der Waals surface area contributed by atoms with Crippen molar-refractivity contribution in [1.29, 1.82) is 0 Å². The van der Waals surface area contributed by atoms with Gasteiger partial charge in [-0.05, 0) is 12.8 Å². The zero-order chi connectivity index (χ0) is 9.53. The first-order valence-electron chi connectivity index (χ1n) is 4.76. The molecule has 1 saturated carbocycles. The van der Waals surface area contributed by atoms with E-state index in [1.807, 2.05) is 0 Å². The van der Waals surface area contributed by atoms with Crippen LogP contribution in [-0.2, 0) is 4.74 Å². The average Bonchev–Trinajstić information content (AvgIpc) is 2.57. The van der Waals surface area contributed by atoms with E-state index in [0.717, 1.165) is 12.8 Å². The van der Waals surface area contributed by atoms with Crippen molar-refractivity contribution in [1.82, 2.24) is 0 Å². The Balaban J connectivity index is 2.26. The molecule has 2 rings (SSSR count). The van der Waals surface area contributed by atoms with Gasteiger partial charge in [-0.3, -0.25) is 0 Å². The molecule has 1 saturated heterocycles. The fourth-order valence-corrected chi connectivity index (χ4v) is 2.78. The summed E-state index contributed by atoms with van der Waals surface area (Å²) in [7, 11) is 0. The van der Waals surface area contributed by atoms with E-state index in [1.54, 1.807) is 0 Å². The summed E-state index contributed by atoms with van der Waals surface area (Å²) in [6, 6.07) is 0. The lowest BCUT2D eigenvalue weighted by atomic mass is 9.82. The van der Waals surface area contributed by atoms with E-state index in [2.05, 4.69) is 0 Å². The highest BCUT2D eigenvalue weighted by atomic mass is 16.5. The van der Waals surface area contributed by atoms with Crippen LogP contribution in [0, 0.1) is 5.92 Å². The number of ether oxygens (including phenoxy) is 1.